The molecule has 2 N–H and O–H groups in total. The Morgan fingerprint density at radius 1 is 1.47 bits per heavy atom. The van der Waals surface area contributed by atoms with Crippen LogP contribution in [-0.2, 0) is 7.05 Å². The topological polar surface area (TPSA) is 50.1 Å². The van der Waals surface area contributed by atoms with Crippen LogP contribution in [0.25, 0.3) is 0 Å². The number of hydrogen-bond donors (Lipinski definition) is 2. The van der Waals surface area contributed by atoms with E-state index in [1.54, 1.807) is 0 Å². The van der Waals surface area contributed by atoms with Gasteiger partial charge in [0.1, 0.15) is 0 Å². The third-order valence-electron chi connectivity index (χ3n) is 4.02. The number of nitrogens with zero attached hydrogens (tertiary/aromatic N) is 2. The van der Waals surface area contributed by atoms with Crippen molar-refractivity contribution in [3.05, 3.63) is 17.0 Å². The van der Waals surface area contributed by atoms with E-state index in [2.05, 4.69) is 24.3 Å². The van der Waals surface area contributed by atoms with Crippen molar-refractivity contribution < 1.29 is 5.11 Å². The Bertz CT molecular complexity index is 407. The van der Waals surface area contributed by atoms with Crippen molar-refractivity contribution in [3.8, 4) is 0 Å². The average Bonchev–Trinajstić information content (AvgIpc) is 2.47. The summed E-state index contributed by atoms with van der Waals surface area (Å²) in [5.74, 6) is 0. The number of aromatic nitrogens is 2. The molecule has 0 amide bonds. The number of aryl methyl sites for hydroxylation is 2. The van der Waals surface area contributed by atoms with Gasteiger partial charge in [0.15, 0.2) is 0 Å². The minimum atomic E-state index is -0.460. The minimum Gasteiger partial charge on any atom is -0.389 e. The van der Waals surface area contributed by atoms with Crippen LogP contribution in [0, 0.1) is 13.8 Å². The van der Waals surface area contributed by atoms with Gasteiger partial charge in [-0.25, -0.2) is 0 Å². The molecule has 1 unspecified atom stereocenters. The lowest BCUT2D eigenvalue weighted by Crippen LogP contribution is -2.46. The number of nitrogens with one attached hydrogen (secondary N) is 1. The van der Waals surface area contributed by atoms with Gasteiger partial charge in [0.05, 0.1) is 11.3 Å². The quantitative estimate of drug-likeness (QED) is 0.836. The summed E-state index contributed by atoms with van der Waals surface area (Å²) in [5.41, 5.74) is 3.07. The highest BCUT2D eigenvalue weighted by Gasteiger charge is 2.34. The molecule has 1 aliphatic rings. The van der Waals surface area contributed by atoms with Crippen LogP contribution in [0.4, 0.5) is 0 Å². The molecule has 4 heteroatoms. The molecule has 1 aromatic rings. The Kier molecular flexibility index (Phi) is 3.27. The van der Waals surface area contributed by atoms with Crippen molar-refractivity contribution in [1.82, 2.24) is 15.1 Å². The van der Waals surface area contributed by atoms with Gasteiger partial charge in [-0.3, -0.25) is 4.68 Å². The van der Waals surface area contributed by atoms with Gasteiger partial charge in [-0.1, -0.05) is 0 Å². The molecule has 0 spiro atoms. The maximum atomic E-state index is 10.1. The van der Waals surface area contributed by atoms with E-state index >= 15 is 0 Å². The van der Waals surface area contributed by atoms with E-state index in [1.165, 1.54) is 11.3 Å². The van der Waals surface area contributed by atoms with Gasteiger partial charge in [-0.05, 0) is 40.0 Å². The van der Waals surface area contributed by atoms with Crippen LogP contribution in [0.15, 0.2) is 0 Å². The van der Waals surface area contributed by atoms with E-state index in [4.69, 9.17) is 0 Å². The minimum absolute atomic E-state index is 0.244. The van der Waals surface area contributed by atoms with Crippen molar-refractivity contribution in [2.45, 2.75) is 51.7 Å². The average molecular weight is 237 g/mol. The highest BCUT2D eigenvalue weighted by molar-refractivity contribution is 5.27. The third-order valence-corrected chi connectivity index (χ3v) is 4.02. The van der Waals surface area contributed by atoms with E-state index < -0.39 is 5.60 Å². The summed E-state index contributed by atoms with van der Waals surface area (Å²) >= 11 is 0. The van der Waals surface area contributed by atoms with Crippen LogP contribution in [0.2, 0.25) is 0 Å². The summed E-state index contributed by atoms with van der Waals surface area (Å²) in [6.45, 7) is 6.95. The Balaban J connectivity index is 2.01. The maximum absolute atomic E-state index is 10.1. The molecule has 1 aliphatic carbocycles. The van der Waals surface area contributed by atoms with E-state index in [0.717, 1.165) is 25.0 Å². The highest BCUT2D eigenvalue weighted by atomic mass is 16.3. The van der Waals surface area contributed by atoms with Gasteiger partial charge >= 0.3 is 0 Å². The van der Waals surface area contributed by atoms with Crippen LogP contribution in [0.1, 0.15) is 49.2 Å². The molecule has 96 valence electrons. The molecule has 1 aromatic heterocycles. The molecule has 0 radical (unpaired) electrons. The SMILES string of the molecule is Cc1nn(C)c(C)c1C(C)NCC1(O)CCC1. The predicted molar refractivity (Wildman–Crippen MR) is 67.9 cm³/mol. The molecular weight excluding hydrogens is 214 g/mol. The standard InChI is InChI=1S/C13H23N3O/c1-9(14-8-13(17)6-5-7-13)12-10(2)15-16(4)11(12)3/h9,14,17H,5-8H2,1-4H3. The first-order chi connectivity index (χ1) is 7.93. The van der Waals surface area contributed by atoms with Crippen molar-refractivity contribution >= 4 is 0 Å². The maximum Gasteiger partial charge on any atom is 0.0771 e. The van der Waals surface area contributed by atoms with E-state index in [1.807, 2.05) is 18.7 Å². The van der Waals surface area contributed by atoms with Crippen molar-refractivity contribution in [2.75, 3.05) is 6.54 Å². The molecule has 0 aliphatic heterocycles. The molecule has 2 rings (SSSR count). The van der Waals surface area contributed by atoms with Gasteiger partial charge in [0.2, 0.25) is 0 Å². The van der Waals surface area contributed by atoms with E-state index in [0.29, 0.717) is 6.54 Å². The van der Waals surface area contributed by atoms with Crippen molar-refractivity contribution in [1.29, 1.82) is 0 Å². The zero-order valence-electron chi connectivity index (χ0n) is 11.2. The normalized spacial score (nSPS) is 20.1. The van der Waals surface area contributed by atoms with Gasteiger partial charge in [-0.15, -0.1) is 0 Å². The Morgan fingerprint density at radius 3 is 2.53 bits per heavy atom. The van der Waals surface area contributed by atoms with Crippen molar-refractivity contribution in [3.63, 3.8) is 0 Å². The molecule has 1 fully saturated rings. The number of aliphatic hydroxyl groups is 1. The first kappa shape index (κ1) is 12.6. The second-order valence-corrected chi connectivity index (χ2v) is 5.39. The number of hydrogen-bond acceptors (Lipinski definition) is 3. The highest BCUT2D eigenvalue weighted by Crippen LogP contribution is 2.31. The fraction of sp³-hybridized carbons (Fsp3) is 0.769. The monoisotopic (exact) mass is 237 g/mol. The van der Waals surface area contributed by atoms with Gasteiger partial charge in [-0.2, -0.15) is 5.10 Å². The zero-order valence-corrected chi connectivity index (χ0v) is 11.2. The molecule has 0 aromatic carbocycles. The predicted octanol–water partition coefficient (Wildman–Crippen LogP) is 1.60. The molecule has 1 saturated carbocycles. The first-order valence-electron chi connectivity index (χ1n) is 6.39. The summed E-state index contributed by atoms with van der Waals surface area (Å²) in [5, 5.41) is 17.9. The molecule has 1 atom stereocenters. The van der Waals surface area contributed by atoms with Gasteiger partial charge in [0.25, 0.3) is 0 Å². The number of rotatable bonds is 4. The summed E-state index contributed by atoms with van der Waals surface area (Å²) in [6.07, 6.45) is 3.01. The second-order valence-electron chi connectivity index (χ2n) is 5.39. The lowest BCUT2D eigenvalue weighted by Gasteiger charge is -2.37. The second kappa shape index (κ2) is 4.42. The van der Waals surface area contributed by atoms with Crippen LogP contribution in [0.3, 0.4) is 0 Å². The molecule has 1 heterocycles. The van der Waals surface area contributed by atoms with Crippen LogP contribution < -0.4 is 5.32 Å². The van der Waals surface area contributed by atoms with Gasteiger partial charge < -0.3 is 10.4 Å². The fourth-order valence-electron chi connectivity index (χ4n) is 2.62. The zero-order chi connectivity index (χ0) is 12.6. The Labute approximate surface area is 103 Å². The first-order valence-corrected chi connectivity index (χ1v) is 6.39. The molecule has 0 bridgehead atoms. The molecule has 0 saturated heterocycles. The summed E-state index contributed by atoms with van der Waals surface area (Å²) in [6, 6.07) is 0.244. The summed E-state index contributed by atoms with van der Waals surface area (Å²) in [7, 11) is 1.97. The van der Waals surface area contributed by atoms with Gasteiger partial charge in [0, 0.05) is 30.9 Å². The third kappa shape index (κ3) is 2.38. The smallest absolute Gasteiger partial charge is 0.0771 e. The van der Waals surface area contributed by atoms with Crippen LogP contribution >= 0.6 is 0 Å². The van der Waals surface area contributed by atoms with Crippen LogP contribution in [0.5, 0.6) is 0 Å². The molecular formula is C13H23N3O. The van der Waals surface area contributed by atoms with E-state index in [9.17, 15) is 5.11 Å². The summed E-state index contributed by atoms with van der Waals surface area (Å²) < 4.78 is 1.92. The Morgan fingerprint density at radius 2 is 2.12 bits per heavy atom. The van der Waals surface area contributed by atoms with Crippen LogP contribution in [-0.4, -0.2) is 27.0 Å². The largest absolute Gasteiger partial charge is 0.389 e. The molecule has 17 heavy (non-hydrogen) atoms. The lowest BCUT2D eigenvalue weighted by molar-refractivity contribution is -0.0329. The Hall–Kier alpha value is -0.870. The van der Waals surface area contributed by atoms with E-state index in [-0.39, 0.29) is 6.04 Å². The lowest BCUT2D eigenvalue weighted by atomic mass is 9.80. The van der Waals surface area contributed by atoms with Crippen molar-refractivity contribution in [2.24, 2.45) is 7.05 Å². The fourth-order valence-corrected chi connectivity index (χ4v) is 2.62. The summed E-state index contributed by atoms with van der Waals surface area (Å²) in [4.78, 5) is 0. The molecule has 4 nitrogen and oxygen atoms in total.